The summed E-state index contributed by atoms with van der Waals surface area (Å²) in [7, 11) is 0. The third kappa shape index (κ3) is 18.6. The number of aromatic hydroxyl groups is 1. The second-order valence-electron chi connectivity index (χ2n) is 8.94. The van der Waals surface area contributed by atoms with Crippen LogP contribution in [0.4, 0.5) is 10.5 Å². The zero-order valence-corrected chi connectivity index (χ0v) is 23.3. The molecule has 2 amide bonds. The number of hydrogen-bond acceptors (Lipinski definition) is 8. The number of nitriles is 1. The van der Waals surface area contributed by atoms with Gasteiger partial charge in [-0.2, -0.15) is 5.26 Å². The third-order valence-corrected chi connectivity index (χ3v) is 5.37. The number of hydrogen-bond donors (Lipinski definition) is 4. The van der Waals surface area contributed by atoms with Crippen molar-refractivity contribution in [2.45, 2.75) is 67.7 Å². The van der Waals surface area contributed by atoms with Crippen LogP contribution in [-0.2, 0) is 19.1 Å². The molecular weight excluding hydrogens is 478 g/mol. The highest BCUT2D eigenvalue weighted by molar-refractivity contribution is 5.89. The standard InChI is InChI=1S/C15H22N2O4.C7H14O3.C5H9N/c1-4-15(2,3)13(19)21-10-9-16-14(20)17-11-5-7-12(18)8-6-11;1-3-6(2)7(9)10-5-4-8;1-3-5(2)4-6/h5-8,18H,4,9-10H2,1-3H3,(H2,16,17,20);6,8H,3-5H2,1-2H3;5H,3H2,1-2H3. The molecule has 0 spiro atoms. The second-order valence-corrected chi connectivity index (χ2v) is 8.94. The van der Waals surface area contributed by atoms with Crippen LogP contribution in [0, 0.1) is 28.6 Å². The van der Waals surface area contributed by atoms with Gasteiger partial charge in [0.1, 0.15) is 19.0 Å². The van der Waals surface area contributed by atoms with Crippen LogP contribution >= 0.6 is 0 Å². The van der Waals surface area contributed by atoms with Crippen LogP contribution in [-0.4, -0.2) is 54.5 Å². The summed E-state index contributed by atoms with van der Waals surface area (Å²) >= 11 is 0. The molecule has 10 heteroatoms. The molecule has 210 valence electrons. The first-order chi connectivity index (χ1) is 17.4. The Hall–Kier alpha value is -3.32. The molecule has 2 atom stereocenters. The minimum Gasteiger partial charge on any atom is -0.508 e. The Morgan fingerprint density at radius 1 is 1.03 bits per heavy atom. The molecule has 0 aliphatic heterocycles. The van der Waals surface area contributed by atoms with Crippen molar-refractivity contribution in [2.24, 2.45) is 17.3 Å². The molecule has 1 aromatic rings. The van der Waals surface area contributed by atoms with Crippen molar-refractivity contribution in [1.29, 1.82) is 5.26 Å². The van der Waals surface area contributed by atoms with E-state index < -0.39 is 11.4 Å². The molecule has 0 heterocycles. The number of urea groups is 1. The SMILES string of the molecule is CCC(C)(C)C(=O)OCCNC(=O)Nc1ccc(O)cc1.CCC(C)C#N.CCC(C)C(=O)OCCO. The molecule has 10 nitrogen and oxygen atoms in total. The zero-order valence-electron chi connectivity index (χ0n) is 23.3. The average molecular weight is 524 g/mol. The summed E-state index contributed by atoms with van der Waals surface area (Å²) in [6, 6.07) is 7.83. The number of anilines is 1. The molecule has 0 bridgehead atoms. The van der Waals surface area contributed by atoms with Crippen LogP contribution in [0.5, 0.6) is 5.75 Å². The summed E-state index contributed by atoms with van der Waals surface area (Å²) in [5.74, 6) is -0.176. The Labute approximate surface area is 221 Å². The maximum Gasteiger partial charge on any atom is 0.319 e. The highest BCUT2D eigenvalue weighted by atomic mass is 16.5. The quantitative estimate of drug-likeness (QED) is 0.186. The minimum absolute atomic E-state index is 0.0495. The molecule has 0 aliphatic rings. The summed E-state index contributed by atoms with van der Waals surface area (Å²) < 4.78 is 9.75. The molecule has 0 fully saturated rings. The Morgan fingerprint density at radius 3 is 2.05 bits per heavy atom. The van der Waals surface area contributed by atoms with Crippen LogP contribution < -0.4 is 10.6 Å². The molecule has 4 N–H and O–H groups in total. The van der Waals surface area contributed by atoms with E-state index in [0.29, 0.717) is 12.1 Å². The first kappa shape index (κ1) is 35.8. The van der Waals surface area contributed by atoms with Gasteiger partial charge in [0.25, 0.3) is 0 Å². The number of phenols is 1. The van der Waals surface area contributed by atoms with E-state index >= 15 is 0 Å². The summed E-state index contributed by atoms with van der Waals surface area (Å²) in [6.07, 6.45) is 2.45. The van der Waals surface area contributed by atoms with Crippen molar-refractivity contribution in [2.75, 3.05) is 31.7 Å². The number of phenolic OH excluding ortho intramolecular Hbond substituents is 1. The van der Waals surface area contributed by atoms with E-state index in [1.54, 1.807) is 19.1 Å². The topological polar surface area (TPSA) is 158 Å². The number of rotatable bonds is 11. The molecule has 0 radical (unpaired) electrons. The number of carbonyl (C=O) groups excluding carboxylic acids is 3. The van der Waals surface area contributed by atoms with Gasteiger partial charge in [-0.15, -0.1) is 0 Å². The van der Waals surface area contributed by atoms with E-state index in [2.05, 4.69) is 21.4 Å². The maximum absolute atomic E-state index is 11.7. The number of amides is 2. The predicted octanol–water partition coefficient (Wildman–Crippen LogP) is 4.62. The molecule has 1 aromatic carbocycles. The largest absolute Gasteiger partial charge is 0.508 e. The number of benzene rings is 1. The monoisotopic (exact) mass is 523 g/mol. The van der Waals surface area contributed by atoms with Crippen LogP contribution in [0.2, 0.25) is 0 Å². The van der Waals surface area contributed by atoms with E-state index in [-0.39, 0.29) is 55.9 Å². The first-order valence-corrected chi connectivity index (χ1v) is 12.6. The minimum atomic E-state index is -0.506. The van der Waals surface area contributed by atoms with Crippen molar-refractivity contribution < 1.29 is 34.1 Å². The van der Waals surface area contributed by atoms with Gasteiger partial charge in [0, 0.05) is 11.6 Å². The van der Waals surface area contributed by atoms with Crippen molar-refractivity contribution in [3.8, 4) is 11.8 Å². The van der Waals surface area contributed by atoms with Gasteiger partial charge in [-0.1, -0.05) is 27.7 Å². The lowest BCUT2D eigenvalue weighted by atomic mass is 9.91. The van der Waals surface area contributed by atoms with Crippen molar-refractivity contribution in [3.05, 3.63) is 24.3 Å². The number of nitrogens with zero attached hydrogens (tertiary/aromatic N) is 1. The van der Waals surface area contributed by atoms with E-state index in [4.69, 9.17) is 20.2 Å². The smallest absolute Gasteiger partial charge is 0.319 e. The predicted molar refractivity (Wildman–Crippen MR) is 143 cm³/mol. The van der Waals surface area contributed by atoms with Gasteiger partial charge >= 0.3 is 18.0 Å². The van der Waals surface area contributed by atoms with Crippen LogP contribution in [0.25, 0.3) is 0 Å². The Kier molecular flexibility index (Phi) is 20.2. The van der Waals surface area contributed by atoms with Gasteiger partial charge in [0.05, 0.1) is 30.6 Å². The van der Waals surface area contributed by atoms with Gasteiger partial charge in [-0.05, 0) is 64.3 Å². The third-order valence-electron chi connectivity index (χ3n) is 5.37. The molecule has 37 heavy (non-hydrogen) atoms. The summed E-state index contributed by atoms with van der Waals surface area (Å²) in [4.78, 5) is 34.1. The molecule has 0 aromatic heterocycles. The zero-order chi connectivity index (χ0) is 28.9. The lowest BCUT2D eigenvalue weighted by molar-refractivity contribution is -0.154. The Balaban J connectivity index is 0. The average Bonchev–Trinajstić information content (AvgIpc) is 2.90. The van der Waals surface area contributed by atoms with Gasteiger partial charge in [-0.3, -0.25) is 9.59 Å². The van der Waals surface area contributed by atoms with E-state index in [0.717, 1.165) is 12.8 Å². The molecule has 2 unspecified atom stereocenters. The number of esters is 2. The van der Waals surface area contributed by atoms with E-state index in [9.17, 15) is 14.4 Å². The summed E-state index contributed by atoms with van der Waals surface area (Å²) in [5, 5.41) is 30.7. The lowest BCUT2D eigenvalue weighted by Gasteiger charge is -2.20. The fraction of sp³-hybridized carbons (Fsp3) is 0.630. The molecule has 0 saturated carbocycles. The van der Waals surface area contributed by atoms with Crippen molar-refractivity contribution in [3.63, 3.8) is 0 Å². The van der Waals surface area contributed by atoms with Gasteiger partial charge < -0.3 is 30.3 Å². The second kappa shape index (κ2) is 20.8. The maximum atomic E-state index is 11.7. The summed E-state index contributed by atoms with van der Waals surface area (Å²) in [6.45, 7) is 13.6. The van der Waals surface area contributed by atoms with Crippen molar-refractivity contribution >= 4 is 23.7 Å². The number of aliphatic hydroxyl groups excluding tert-OH is 1. The normalized spacial score (nSPS) is 11.6. The van der Waals surface area contributed by atoms with Crippen LogP contribution in [0.15, 0.2) is 24.3 Å². The highest BCUT2D eigenvalue weighted by Gasteiger charge is 2.26. The van der Waals surface area contributed by atoms with Gasteiger partial charge in [0.2, 0.25) is 0 Å². The number of ether oxygens (including phenoxy) is 2. The lowest BCUT2D eigenvalue weighted by Crippen LogP contribution is -2.34. The fourth-order valence-corrected chi connectivity index (χ4v) is 1.91. The van der Waals surface area contributed by atoms with Crippen molar-refractivity contribution in [1.82, 2.24) is 5.32 Å². The van der Waals surface area contributed by atoms with E-state index in [1.807, 2.05) is 41.5 Å². The number of carbonyl (C=O) groups is 3. The Bertz CT molecular complexity index is 820. The highest BCUT2D eigenvalue weighted by Crippen LogP contribution is 2.21. The molecule has 1 rings (SSSR count). The van der Waals surface area contributed by atoms with E-state index in [1.165, 1.54) is 12.1 Å². The van der Waals surface area contributed by atoms with Gasteiger partial charge in [-0.25, -0.2) is 4.79 Å². The fourth-order valence-electron chi connectivity index (χ4n) is 1.91. The number of nitrogens with one attached hydrogen (secondary N) is 2. The molecular formula is C27H45N3O7. The number of aliphatic hydroxyl groups is 1. The molecule has 0 aliphatic carbocycles. The molecule has 0 saturated heterocycles. The van der Waals surface area contributed by atoms with Crippen LogP contribution in [0.3, 0.4) is 0 Å². The van der Waals surface area contributed by atoms with Gasteiger partial charge in [0.15, 0.2) is 0 Å². The Morgan fingerprint density at radius 2 is 1.62 bits per heavy atom. The van der Waals surface area contributed by atoms with Crippen LogP contribution in [0.1, 0.15) is 67.7 Å². The first-order valence-electron chi connectivity index (χ1n) is 12.6. The summed E-state index contributed by atoms with van der Waals surface area (Å²) in [5.41, 5.74) is 0.0586.